The van der Waals surface area contributed by atoms with E-state index in [0.717, 1.165) is 18.4 Å². The lowest BCUT2D eigenvalue weighted by molar-refractivity contribution is -0.111. The first kappa shape index (κ1) is 21.1. The van der Waals surface area contributed by atoms with Crippen molar-refractivity contribution in [3.63, 3.8) is 0 Å². The standard InChI is InChI=1S/C22H26N2O4S/c1-17-5-4-14-24(16-17)29(26,27)21-11-9-19(10-12-21)23-22(25)13-8-18-6-3-7-20(15-18)28-2/h3,6-13,15,17H,4-5,14,16H2,1-2H3,(H,23,25)/b13-8+/t17-/m0/s1. The molecule has 0 saturated carbocycles. The summed E-state index contributed by atoms with van der Waals surface area (Å²) in [5.41, 5.74) is 1.38. The molecule has 0 bridgehead atoms. The van der Waals surface area contributed by atoms with Crippen LogP contribution in [0.25, 0.3) is 6.08 Å². The number of ether oxygens (including phenoxy) is 1. The topological polar surface area (TPSA) is 75.7 Å². The number of piperidine rings is 1. The summed E-state index contributed by atoms with van der Waals surface area (Å²) in [5, 5.41) is 2.74. The number of hydrogen-bond acceptors (Lipinski definition) is 4. The normalized spacial score (nSPS) is 17.9. The quantitative estimate of drug-likeness (QED) is 0.730. The minimum atomic E-state index is -3.50. The second kappa shape index (κ2) is 9.24. The van der Waals surface area contributed by atoms with E-state index in [2.05, 4.69) is 12.2 Å². The van der Waals surface area contributed by atoms with Crippen molar-refractivity contribution in [3.05, 3.63) is 60.2 Å². The third kappa shape index (κ3) is 5.46. The van der Waals surface area contributed by atoms with Crippen LogP contribution in [0.3, 0.4) is 0 Å². The first-order valence-electron chi connectivity index (χ1n) is 9.62. The Hall–Kier alpha value is -2.64. The number of rotatable bonds is 6. The molecule has 1 atom stereocenters. The molecule has 6 nitrogen and oxygen atoms in total. The molecule has 29 heavy (non-hydrogen) atoms. The predicted octanol–water partition coefficient (Wildman–Crippen LogP) is 3.77. The fourth-order valence-electron chi connectivity index (χ4n) is 3.32. The van der Waals surface area contributed by atoms with E-state index in [9.17, 15) is 13.2 Å². The predicted molar refractivity (Wildman–Crippen MR) is 114 cm³/mol. The van der Waals surface area contributed by atoms with Crippen LogP contribution in [0.5, 0.6) is 5.75 Å². The van der Waals surface area contributed by atoms with Gasteiger partial charge in [-0.15, -0.1) is 0 Å². The Kier molecular flexibility index (Phi) is 6.71. The van der Waals surface area contributed by atoms with E-state index in [1.54, 1.807) is 29.6 Å². The van der Waals surface area contributed by atoms with Crippen molar-refractivity contribution in [2.45, 2.75) is 24.7 Å². The number of anilines is 1. The van der Waals surface area contributed by atoms with Gasteiger partial charge in [0.05, 0.1) is 12.0 Å². The highest BCUT2D eigenvalue weighted by Crippen LogP contribution is 2.24. The summed E-state index contributed by atoms with van der Waals surface area (Å²) >= 11 is 0. The zero-order valence-corrected chi connectivity index (χ0v) is 17.5. The van der Waals surface area contributed by atoms with Gasteiger partial charge in [-0.3, -0.25) is 4.79 Å². The fourth-order valence-corrected chi connectivity index (χ4v) is 4.92. The van der Waals surface area contributed by atoms with Crippen LogP contribution in [0.1, 0.15) is 25.3 Å². The van der Waals surface area contributed by atoms with E-state index in [0.29, 0.717) is 30.4 Å². The first-order valence-corrected chi connectivity index (χ1v) is 11.1. The molecule has 1 N–H and O–H groups in total. The number of nitrogens with zero attached hydrogens (tertiary/aromatic N) is 1. The molecule has 7 heteroatoms. The average molecular weight is 415 g/mol. The Morgan fingerprint density at radius 1 is 1.21 bits per heavy atom. The number of carbonyl (C=O) groups is 1. The molecule has 0 aliphatic carbocycles. The van der Waals surface area contributed by atoms with Gasteiger partial charge in [0.1, 0.15) is 5.75 Å². The molecule has 1 saturated heterocycles. The van der Waals surface area contributed by atoms with Crippen molar-refractivity contribution in [3.8, 4) is 5.75 Å². The van der Waals surface area contributed by atoms with Gasteiger partial charge in [-0.25, -0.2) is 8.42 Å². The molecule has 1 fully saturated rings. The molecule has 154 valence electrons. The highest BCUT2D eigenvalue weighted by Gasteiger charge is 2.28. The second-order valence-electron chi connectivity index (χ2n) is 7.23. The van der Waals surface area contributed by atoms with Crippen LogP contribution >= 0.6 is 0 Å². The molecule has 1 heterocycles. The van der Waals surface area contributed by atoms with Gasteiger partial charge in [0, 0.05) is 24.9 Å². The molecular weight excluding hydrogens is 388 g/mol. The smallest absolute Gasteiger partial charge is 0.248 e. The molecule has 3 rings (SSSR count). The van der Waals surface area contributed by atoms with Crippen LogP contribution in [0.4, 0.5) is 5.69 Å². The van der Waals surface area contributed by atoms with Gasteiger partial charge in [-0.1, -0.05) is 19.1 Å². The SMILES string of the molecule is COc1cccc(/C=C/C(=O)Nc2ccc(S(=O)(=O)N3CCC[C@H](C)C3)cc2)c1. The van der Waals surface area contributed by atoms with Crippen molar-refractivity contribution in [1.82, 2.24) is 4.31 Å². The van der Waals surface area contributed by atoms with E-state index in [1.807, 2.05) is 24.3 Å². The zero-order chi connectivity index (χ0) is 20.9. The Morgan fingerprint density at radius 3 is 2.66 bits per heavy atom. The van der Waals surface area contributed by atoms with Crippen molar-refractivity contribution in [1.29, 1.82) is 0 Å². The summed E-state index contributed by atoms with van der Waals surface area (Å²) in [6.07, 6.45) is 5.05. The number of hydrogen-bond donors (Lipinski definition) is 1. The summed E-state index contributed by atoms with van der Waals surface area (Å²) < 4.78 is 32.3. The maximum absolute atomic E-state index is 12.8. The van der Waals surface area contributed by atoms with Gasteiger partial charge in [-0.05, 0) is 66.8 Å². The molecule has 0 radical (unpaired) electrons. The van der Waals surface area contributed by atoms with Crippen LogP contribution in [0, 0.1) is 5.92 Å². The lowest BCUT2D eigenvalue weighted by Gasteiger charge is -2.30. The summed E-state index contributed by atoms with van der Waals surface area (Å²) in [6, 6.07) is 13.7. The van der Waals surface area contributed by atoms with E-state index in [-0.39, 0.29) is 10.8 Å². The zero-order valence-electron chi connectivity index (χ0n) is 16.7. The maximum atomic E-state index is 12.8. The minimum absolute atomic E-state index is 0.247. The van der Waals surface area contributed by atoms with Crippen LogP contribution in [-0.4, -0.2) is 38.8 Å². The lowest BCUT2D eigenvalue weighted by Crippen LogP contribution is -2.39. The van der Waals surface area contributed by atoms with Gasteiger partial charge in [0.15, 0.2) is 0 Å². The maximum Gasteiger partial charge on any atom is 0.248 e. The van der Waals surface area contributed by atoms with Gasteiger partial charge in [0.2, 0.25) is 15.9 Å². The van der Waals surface area contributed by atoms with Crippen molar-refractivity contribution < 1.29 is 17.9 Å². The fraction of sp³-hybridized carbons (Fsp3) is 0.318. The van der Waals surface area contributed by atoms with E-state index in [4.69, 9.17) is 4.74 Å². The number of amides is 1. The molecular formula is C22H26N2O4S. The molecule has 2 aromatic rings. The molecule has 1 aliphatic rings. The summed E-state index contributed by atoms with van der Waals surface area (Å²) in [4.78, 5) is 12.4. The Bertz CT molecular complexity index is 984. The molecule has 0 unspecified atom stereocenters. The van der Waals surface area contributed by atoms with Crippen molar-refractivity contribution >= 4 is 27.7 Å². The first-order chi connectivity index (χ1) is 13.9. The van der Waals surface area contributed by atoms with Gasteiger partial charge >= 0.3 is 0 Å². The molecule has 1 amide bonds. The van der Waals surface area contributed by atoms with Crippen molar-refractivity contribution in [2.24, 2.45) is 5.92 Å². The molecule has 0 aromatic heterocycles. The van der Waals surface area contributed by atoms with Crippen LogP contribution < -0.4 is 10.1 Å². The van der Waals surface area contributed by atoms with Crippen molar-refractivity contribution in [2.75, 3.05) is 25.5 Å². The van der Waals surface area contributed by atoms with Crippen LogP contribution in [0.15, 0.2) is 59.5 Å². The number of sulfonamides is 1. The summed E-state index contributed by atoms with van der Waals surface area (Å²) in [5.74, 6) is 0.786. The number of benzene rings is 2. The van der Waals surface area contributed by atoms with Gasteiger partial charge in [0.25, 0.3) is 0 Å². The largest absolute Gasteiger partial charge is 0.497 e. The molecule has 0 spiro atoms. The van der Waals surface area contributed by atoms with E-state index < -0.39 is 10.0 Å². The van der Waals surface area contributed by atoms with Crippen LogP contribution in [-0.2, 0) is 14.8 Å². The van der Waals surface area contributed by atoms with E-state index >= 15 is 0 Å². The lowest BCUT2D eigenvalue weighted by atomic mass is 10.0. The average Bonchev–Trinajstić information content (AvgIpc) is 2.73. The minimum Gasteiger partial charge on any atom is -0.497 e. The Morgan fingerprint density at radius 2 is 1.97 bits per heavy atom. The third-order valence-electron chi connectivity index (χ3n) is 4.90. The van der Waals surface area contributed by atoms with Gasteiger partial charge < -0.3 is 10.1 Å². The number of nitrogens with one attached hydrogen (secondary N) is 1. The number of carbonyl (C=O) groups excluding carboxylic acids is 1. The van der Waals surface area contributed by atoms with Gasteiger partial charge in [-0.2, -0.15) is 4.31 Å². The highest BCUT2D eigenvalue weighted by molar-refractivity contribution is 7.89. The molecule has 1 aliphatic heterocycles. The molecule has 2 aromatic carbocycles. The number of methoxy groups -OCH3 is 1. The highest BCUT2D eigenvalue weighted by atomic mass is 32.2. The Balaban J connectivity index is 1.64. The summed E-state index contributed by atoms with van der Waals surface area (Å²) in [6.45, 7) is 3.18. The summed E-state index contributed by atoms with van der Waals surface area (Å²) in [7, 11) is -1.91. The second-order valence-corrected chi connectivity index (χ2v) is 9.17. The monoisotopic (exact) mass is 414 g/mol. The third-order valence-corrected chi connectivity index (χ3v) is 6.78. The van der Waals surface area contributed by atoms with Crippen LogP contribution in [0.2, 0.25) is 0 Å². The Labute approximate surface area is 172 Å². The van der Waals surface area contributed by atoms with E-state index in [1.165, 1.54) is 18.2 Å².